The molecule has 0 aliphatic carbocycles. The van der Waals surface area contributed by atoms with E-state index >= 15 is 0 Å². The van der Waals surface area contributed by atoms with Crippen LogP contribution in [0.25, 0.3) is 0 Å². The van der Waals surface area contributed by atoms with Gasteiger partial charge in [-0.2, -0.15) is 10.1 Å². The summed E-state index contributed by atoms with van der Waals surface area (Å²) in [5, 5.41) is 14.2. The number of hydrogen-bond acceptors (Lipinski definition) is 6. The van der Waals surface area contributed by atoms with E-state index in [1.165, 1.54) is 6.92 Å². The van der Waals surface area contributed by atoms with Crippen LogP contribution in [0.2, 0.25) is 0 Å². The Labute approximate surface area is 141 Å². The van der Waals surface area contributed by atoms with Crippen LogP contribution in [0.4, 0.5) is 23.1 Å². The van der Waals surface area contributed by atoms with Gasteiger partial charge in [-0.1, -0.05) is 6.92 Å². The number of piperidine rings is 1. The molecule has 7 heteroatoms. The molecule has 126 valence electrons. The molecule has 1 aliphatic heterocycles. The third-order valence-corrected chi connectivity index (χ3v) is 4.09. The van der Waals surface area contributed by atoms with Gasteiger partial charge in [0.05, 0.1) is 6.20 Å². The van der Waals surface area contributed by atoms with Crippen LogP contribution in [-0.2, 0) is 4.79 Å². The average Bonchev–Trinajstić information content (AvgIpc) is 2.57. The van der Waals surface area contributed by atoms with E-state index < -0.39 is 0 Å². The molecule has 1 fully saturated rings. The number of anilines is 4. The normalized spacial score (nSPS) is 15.2. The van der Waals surface area contributed by atoms with Crippen molar-refractivity contribution in [3.8, 4) is 0 Å². The Morgan fingerprint density at radius 2 is 1.83 bits per heavy atom. The molecular weight excluding hydrogens is 304 g/mol. The van der Waals surface area contributed by atoms with Crippen LogP contribution in [0.15, 0.2) is 30.5 Å². The number of hydrogen-bond donors (Lipinski definition) is 2. The molecule has 0 saturated carbocycles. The van der Waals surface area contributed by atoms with Crippen LogP contribution in [0, 0.1) is 5.92 Å². The third-order valence-electron chi connectivity index (χ3n) is 4.09. The lowest BCUT2D eigenvalue weighted by Crippen LogP contribution is -2.34. The van der Waals surface area contributed by atoms with Crippen molar-refractivity contribution in [3.05, 3.63) is 30.5 Å². The number of rotatable bonds is 4. The second-order valence-corrected chi connectivity index (χ2v) is 6.19. The fourth-order valence-corrected chi connectivity index (χ4v) is 2.68. The average molecular weight is 326 g/mol. The molecule has 3 rings (SSSR count). The molecule has 7 nitrogen and oxygen atoms in total. The predicted octanol–water partition coefficient (Wildman–Crippen LogP) is 2.81. The first-order valence-corrected chi connectivity index (χ1v) is 8.19. The van der Waals surface area contributed by atoms with E-state index in [1.54, 1.807) is 6.20 Å². The first-order chi connectivity index (χ1) is 11.6. The summed E-state index contributed by atoms with van der Waals surface area (Å²) in [5.74, 6) is 2.00. The van der Waals surface area contributed by atoms with Crippen LogP contribution >= 0.6 is 0 Å². The number of nitrogens with one attached hydrogen (secondary N) is 2. The summed E-state index contributed by atoms with van der Waals surface area (Å²) in [6.45, 7) is 5.70. The van der Waals surface area contributed by atoms with Crippen molar-refractivity contribution in [1.82, 2.24) is 15.2 Å². The van der Waals surface area contributed by atoms with Crippen LogP contribution in [0.3, 0.4) is 0 Å². The number of aromatic nitrogens is 3. The number of carbonyl (C=O) groups is 1. The van der Waals surface area contributed by atoms with Gasteiger partial charge in [-0.05, 0) is 43.0 Å². The molecule has 24 heavy (non-hydrogen) atoms. The minimum Gasteiger partial charge on any atom is -0.339 e. The van der Waals surface area contributed by atoms with Crippen molar-refractivity contribution >= 4 is 29.0 Å². The molecule has 0 unspecified atom stereocenters. The Bertz CT molecular complexity index is 694. The van der Waals surface area contributed by atoms with Gasteiger partial charge in [0.2, 0.25) is 11.9 Å². The number of benzene rings is 1. The number of amides is 1. The summed E-state index contributed by atoms with van der Waals surface area (Å²) < 4.78 is 0. The van der Waals surface area contributed by atoms with Crippen molar-refractivity contribution in [3.63, 3.8) is 0 Å². The molecule has 1 saturated heterocycles. The van der Waals surface area contributed by atoms with Gasteiger partial charge < -0.3 is 15.5 Å². The lowest BCUT2D eigenvalue weighted by molar-refractivity contribution is -0.114. The maximum absolute atomic E-state index is 11.0. The van der Waals surface area contributed by atoms with Crippen LogP contribution in [-0.4, -0.2) is 34.2 Å². The molecular formula is C17H22N6O. The van der Waals surface area contributed by atoms with Gasteiger partial charge in [0.15, 0.2) is 5.82 Å². The fourth-order valence-electron chi connectivity index (χ4n) is 2.68. The van der Waals surface area contributed by atoms with Crippen LogP contribution in [0.1, 0.15) is 26.7 Å². The second-order valence-electron chi connectivity index (χ2n) is 6.19. The number of nitrogens with zero attached hydrogens (tertiary/aromatic N) is 4. The summed E-state index contributed by atoms with van der Waals surface area (Å²) in [6, 6.07) is 7.45. The SMILES string of the molecule is CC(=O)Nc1ccc(Nc2cnnc(N3CCC(C)CC3)n2)cc1. The molecule has 2 N–H and O–H groups in total. The lowest BCUT2D eigenvalue weighted by Gasteiger charge is -2.29. The van der Waals surface area contributed by atoms with Crippen molar-refractivity contribution in [1.29, 1.82) is 0 Å². The minimum absolute atomic E-state index is 0.0869. The summed E-state index contributed by atoms with van der Waals surface area (Å²) in [5.41, 5.74) is 1.64. The van der Waals surface area contributed by atoms with E-state index in [2.05, 4.69) is 37.6 Å². The van der Waals surface area contributed by atoms with E-state index in [4.69, 9.17) is 0 Å². The smallest absolute Gasteiger partial charge is 0.247 e. The lowest BCUT2D eigenvalue weighted by atomic mass is 10.00. The molecule has 2 heterocycles. The fraction of sp³-hybridized carbons (Fsp3) is 0.412. The molecule has 0 bridgehead atoms. The topological polar surface area (TPSA) is 83.0 Å². The van der Waals surface area contributed by atoms with Crippen molar-refractivity contribution < 1.29 is 4.79 Å². The molecule has 1 aromatic carbocycles. The third kappa shape index (κ3) is 4.18. The Morgan fingerprint density at radius 1 is 1.17 bits per heavy atom. The van der Waals surface area contributed by atoms with E-state index in [1.807, 2.05) is 24.3 Å². The number of carbonyl (C=O) groups excluding carboxylic acids is 1. The van der Waals surface area contributed by atoms with Gasteiger partial charge in [0.25, 0.3) is 0 Å². The molecule has 1 aliphatic rings. The van der Waals surface area contributed by atoms with Gasteiger partial charge in [-0.15, -0.1) is 5.10 Å². The van der Waals surface area contributed by atoms with Gasteiger partial charge in [0, 0.05) is 31.4 Å². The molecule has 0 atom stereocenters. The van der Waals surface area contributed by atoms with Crippen molar-refractivity contribution in [2.24, 2.45) is 5.92 Å². The molecule has 1 aromatic heterocycles. The highest BCUT2D eigenvalue weighted by Gasteiger charge is 2.18. The zero-order chi connectivity index (χ0) is 16.9. The zero-order valence-electron chi connectivity index (χ0n) is 14.0. The van der Waals surface area contributed by atoms with E-state index in [0.29, 0.717) is 11.8 Å². The summed E-state index contributed by atoms with van der Waals surface area (Å²) in [4.78, 5) is 17.8. The standard InChI is InChI=1S/C17H22N6O/c1-12-7-9-23(10-8-12)17-21-16(11-18-22-17)20-15-5-3-14(4-6-15)19-13(2)24/h3-6,11-12H,7-10H2,1-2H3,(H,19,24)(H,20,21,22). The Hall–Kier alpha value is -2.70. The highest BCUT2D eigenvalue weighted by atomic mass is 16.1. The highest BCUT2D eigenvalue weighted by molar-refractivity contribution is 5.88. The zero-order valence-corrected chi connectivity index (χ0v) is 14.0. The first kappa shape index (κ1) is 16.2. The van der Waals surface area contributed by atoms with Crippen molar-refractivity contribution in [2.45, 2.75) is 26.7 Å². The molecule has 2 aromatic rings. The summed E-state index contributed by atoms with van der Waals surface area (Å²) in [6.07, 6.45) is 3.93. The Morgan fingerprint density at radius 3 is 2.50 bits per heavy atom. The summed E-state index contributed by atoms with van der Waals surface area (Å²) >= 11 is 0. The van der Waals surface area contributed by atoms with Crippen LogP contribution < -0.4 is 15.5 Å². The summed E-state index contributed by atoms with van der Waals surface area (Å²) in [7, 11) is 0. The van der Waals surface area contributed by atoms with Gasteiger partial charge in [-0.3, -0.25) is 4.79 Å². The van der Waals surface area contributed by atoms with Crippen molar-refractivity contribution in [2.75, 3.05) is 28.6 Å². The van der Waals surface area contributed by atoms with Gasteiger partial charge in [0.1, 0.15) is 0 Å². The minimum atomic E-state index is -0.0869. The highest BCUT2D eigenvalue weighted by Crippen LogP contribution is 2.22. The first-order valence-electron chi connectivity index (χ1n) is 8.19. The van der Waals surface area contributed by atoms with E-state index in [0.717, 1.165) is 43.2 Å². The maximum Gasteiger partial charge on any atom is 0.247 e. The second kappa shape index (κ2) is 7.25. The van der Waals surface area contributed by atoms with Gasteiger partial charge in [-0.25, -0.2) is 0 Å². The monoisotopic (exact) mass is 326 g/mol. The van der Waals surface area contributed by atoms with Crippen LogP contribution in [0.5, 0.6) is 0 Å². The maximum atomic E-state index is 11.0. The molecule has 1 amide bonds. The predicted molar refractivity (Wildman–Crippen MR) is 94.5 cm³/mol. The largest absolute Gasteiger partial charge is 0.339 e. The molecule has 0 radical (unpaired) electrons. The Kier molecular flexibility index (Phi) is 4.88. The van der Waals surface area contributed by atoms with E-state index in [9.17, 15) is 4.79 Å². The quantitative estimate of drug-likeness (QED) is 0.899. The van der Waals surface area contributed by atoms with E-state index in [-0.39, 0.29) is 5.91 Å². The Balaban J connectivity index is 1.67. The van der Waals surface area contributed by atoms with Gasteiger partial charge >= 0.3 is 0 Å². The molecule has 0 spiro atoms.